The maximum absolute atomic E-state index is 9.35. The zero-order chi connectivity index (χ0) is 13.9. The Labute approximate surface area is 126 Å². The molecule has 20 heavy (non-hydrogen) atoms. The zero-order valence-corrected chi connectivity index (χ0v) is 12.2. The van der Waals surface area contributed by atoms with Crippen LogP contribution in [0, 0.1) is 0 Å². The number of benzene rings is 2. The van der Waals surface area contributed by atoms with E-state index in [0.29, 0.717) is 5.02 Å². The van der Waals surface area contributed by atoms with E-state index in [1.807, 2.05) is 54.6 Å². The van der Waals surface area contributed by atoms with Crippen molar-refractivity contribution >= 4 is 34.3 Å². The van der Waals surface area contributed by atoms with Gasteiger partial charge in [0.05, 0.1) is 12.1 Å². The number of aliphatic hydroxyl groups excluding tert-OH is 1. The molecule has 2 nitrogen and oxygen atoms in total. The largest absolute Gasteiger partial charge is 0.392 e. The van der Waals surface area contributed by atoms with Gasteiger partial charge in [-0.05, 0) is 35.9 Å². The summed E-state index contributed by atoms with van der Waals surface area (Å²) >= 11 is 7.52. The lowest BCUT2D eigenvalue weighted by atomic mass is 10.2. The molecule has 0 bridgehead atoms. The van der Waals surface area contributed by atoms with Crippen molar-refractivity contribution in [2.75, 3.05) is 0 Å². The van der Waals surface area contributed by atoms with Gasteiger partial charge in [0.15, 0.2) is 0 Å². The minimum Gasteiger partial charge on any atom is -0.392 e. The predicted octanol–water partition coefficient (Wildman–Crippen LogP) is 4.53. The van der Waals surface area contributed by atoms with Gasteiger partial charge in [-0.3, -0.25) is 0 Å². The van der Waals surface area contributed by atoms with E-state index in [9.17, 15) is 5.11 Å². The van der Waals surface area contributed by atoms with Crippen LogP contribution in [0.1, 0.15) is 5.56 Å². The van der Waals surface area contributed by atoms with Crippen molar-refractivity contribution in [2.24, 2.45) is 0 Å². The molecule has 1 aromatic heterocycles. The number of aromatic nitrogens is 1. The van der Waals surface area contributed by atoms with Crippen LogP contribution < -0.4 is 0 Å². The summed E-state index contributed by atoms with van der Waals surface area (Å²) in [5.41, 5.74) is 1.83. The van der Waals surface area contributed by atoms with Crippen molar-refractivity contribution in [1.29, 1.82) is 0 Å². The summed E-state index contributed by atoms with van der Waals surface area (Å²) in [4.78, 5) is 5.63. The number of aliphatic hydroxyl groups is 1. The lowest BCUT2D eigenvalue weighted by Gasteiger charge is -2.07. The summed E-state index contributed by atoms with van der Waals surface area (Å²) < 4.78 is 0. The molecule has 1 heterocycles. The SMILES string of the molecule is OCc1ccccc1Sc1ccc2cc(Cl)ccc2n1. The van der Waals surface area contributed by atoms with Gasteiger partial charge in [0.25, 0.3) is 0 Å². The molecule has 0 aliphatic heterocycles. The highest BCUT2D eigenvalue weighted by Gasteiger charge is 2.05. The van der Waals surface area contributed by atoms with Gasteiger partial charge in [-0.2, -0.15) is 0 Å². The van der Waals surface area contributed by atoms with Crippen molar-refractivity contribution in [2.45, 2.75) is 16.5 Å². The standard InChI is InChI=1S/C16H12ClNOS/c17-13-6-7-14-11(9-13)5-8-16(18-14)20-15-4-2-1-3-12(15)10-19/h1-9,19H,10H2. The molecule has 1 N–H and O–H groups in total. The Hall–Kier alpha value is -1.55. The summed E-state index contributed by atoms with van der Waals surface area (Å²) in [7, 11) is 0. The molecule has 0 spiro atoms. The molecule has 100 valence electrons. The predicted molar refractivity (Wildman–Crippen MR) is 83.2 cm³/mol. The molecule has 0 radical (unpaired) electrons. The van der Waals surface area contributed by atoms with E-state index in [1.54, 1.807) is 11.8 Å². The topological polar surface area (TPSA) is 33.1 Å². The summed E-state index contributed by atoms with van der Waals surface area (Å²) in [6, 6.07) is 17.4. The van der Waals surface area contributed by atoms with Crippen LogP contribution in [0.5, 0.6) is 0 Å². The molecule has 3 rings (SSSR count). The van der Waals surface area contributed by atoms with E-state index in [1.165, 1.54) is 0 Å². The second kappa shape index (κ2) is 5.83. The highest BCUT2D eigenvalue weighted by atomic mass is 35.5. The Balaban J connectivity index is 1.96. The lowest BCUT2D eigenvalue weighted by Crippen LogP contribution is -1.88. The molecule has 2 aromatic carbocycles. The average Bonchev–Trinajstić information content (AvgIpc) is 2.48. The van der Waals surface area contributed by atoms with Crippen LogP contribution in [-0.4, -0.2) is 10.1 Å². The molecule has 0 saturated heterocycles. The minimum atomic E-state index is 0.0341. The Kier molecular flexibility index (Phi) is 3.92. The third kappa shape index (κ3) is 2.80. The molecule has 0 amide bonds. The number of halogens is 1. The van der Waals surface area contributed by atoms with Crippen molar-refractivity contribution < 1.29 is 5.11 Å². The van der Waals surface area contributed by atoms with Crippen LogP contribution >= 0.6 is 23.4 Å². The van der Waals surface area contributed by atoms with E-state index < -0.39 is 0 Å². The van der Waals surface area contributed by atoms with Crippen LogP contribution in [0.4, 0.5) is 0 Å². The van der Waals surface area contributed by atoms with Crippen LogP contribution in [0.3, 0.4) is 0 Å². The van der Waals surface area contributed by atoms with Gasteiger partial charge in [-0.15, -0.1) is 0 Å². The van der Waals surface area contributed by atoms with Gasteiger partial charge >= 0.3 is 0 Å². The summed E-state index contributed by atoms with van der Waals surface area (Å²) in [6.07, 6.45) is 0. The second-order valence-corrected chi connectivity index (χ2v) is 5.85. The summed E-state index contributed by atoms with van der Waals surface area (Å²) in [5.74, 6) is 0. The molecule has 4 heteroatoms. The molecular weight excluding hydrogens is 290 g/mol. The van der Waals surface area contributed by atoms with E-state index in [4.69, 9.17) is 11.6 Å². The van der Waals surface area contributed by atoms with E-state index in [0.717, 1.165) is 26.4 Å². The van der Waals surface area contributed by atoms with Crippen molar-refractivity contribution in [3.8, 4) is 0 Å². The van der Waals surface area contributed by atoms with Crippen molar-refractivity contribution in [3.05, 3.63) is 65.2 Å². The van der Waals surface area contributed by atoms with Gasteiger partial charge < -0.3 is 5.11 Å². The van der Waals surface area contributed by atoms with Crippen LogP contribution in [0.25, 0.3) is 10.9 Å². The normalized spacial score (nSPS) is 10.9. The van der Waals surface area contributed by atoms with Gasteiger partial charge in [0, 0.05) is 15.3 Å². The molecule has 0 aliphatic rings. The Morgan fingerprint density at radius 1 is 1.05 bits per heavy atom. The highest BCUT2D eigenvalue weighted by molar-refractivity contribution is 7.99. The molecule has 3 aromatic rings. The van der Waals surface area contributed by atoms with Crippen molar-refractivity contribution in [1.82, 2.24) is 4.98 Å². The van der Waals surface area contributed by atoms with Crippen LogP contribution in [-0.2, 0) is 6.61 Å². The number of pyridine rings is 1. The maximum Gasteiger partial charge on any atom is 0.101 e. The van der Waals surface area contributed by atoms with Gasteiger partial charge in [0.1, 0.15) is 5.03 Å². The van der Waals surface area contributed by atoms with E-state index >= 15 is 0 Å². The quantitative estimate of drug-likeness (QED) is 0.771. The second-order valence-electron chi connectivity index (χ2n) is 4.35. The molecular formula is C16H12ClNOS. The van der Waals surface area contributed by atoms with Crippen LogP contribution in [0.15, 0.2) is 64.5 Å². The van der Waals surface area contributed by atoms with Gasteiger partial charge in [0.2, 0.25) is 0 Å². The summed E-state index contributed by atoms with van der Waals surface area (Å²) in [5, 5.41) is 12.0. The van der Waals surface area contributed by atoms with Gasteiger partial charge in [-0.1, -0.05) is 47.6 Å². The van der Waals surface area contributed by atoms with Gasteiger partial charge in [-0.25, -0.2) is 4.98 Å². The molecule has 0 fully saturated rings. The first-order chi connectivity index (χ1) is 9.76. The number of fused-ring (bicyclic) bond motifs is 1. The highest BCUT2D eigenvalue weighted by Crippen LogP contribution is 2.30. The average molecular weight is 302 g/mol. The fourth-order valence-electron chi connectivity index (χ4n) is 1.98. The van der Waals surface area contributed by atoms with E-state index in [-0.39, 0.29) is 6.61 Å². The molecule has 0 aliphatic carbocycles. The minimum absolute atomic E-state index is 0.0341. The Morgan fingerprint density at radius 2 is 1.90 bits per heavy atom. The number of rotatable bonds is 3. The number of hydrogen-bond acceptors (Lipinski definition) is 3. The third-order valence-corrected chi connectivity index (χ3v) is 4.27. The lowest BCUT2D eigenvalue weighted by molar-refractivity contribution is 0.279. The first-order valence-electron chi connectivity index (χ1n) is 6.19. The van der Waals surface area contributed by atoms with Crippen molar-refractivity contribution in [3.63, 3.8) is 0 Å². The number of hydrogen-bond donors (Lipinski definition) is 1. The van der Waals surface area contributed by atoms with E-state index in [2.05, 4.69) is 4.98 Å². The monoisotopic (exact) mass is 301 g/mol. The maximum atomic E-state index is 9.35. The molecule has 0 unspecified atom stereocenters. The zero-order valence-electron chi connectivity index (χ0n) is 10.6. The van der Waals surface area contributed by atoms with Crippen LogP contribution in [0.2, 0.25) is 5.02 Å². The smallest absolute Gasteiger partial charge is 0.101 e. The summed E-state index contributed by atoms with van der Waals surface area (Å²) in [6.45, 7) is 0.0341. The number of nitrogens with zero attached hydrogens (tertiary/aromatic N) is 1. The first-order valence-corrected chi connectivity index (χ1v) is 7.38. The fraction of sp³-hybridized carbons (Fsp3) is 0.0625. The first kappa shape index (κ1) is 13.4. The molecule has 0 saturated carbocycles. The Bertz CT molecular complexity index is 760. The third-order valence-electron chi connectivity index (χ3n) is 2.98. The fourth-order valence-corrected chi connectivity index (χ4v) is 3.08. The molecule has 0 atom stereocenters. The Morgan fingerprint density at radius 3 is 2.75 bits per heavy atom.